The number of hydrogen-bond donors (Lipinski definition) is 0. The molecular formula is C24H32O6Si. The lowest BCUT2D eigenvalue weighted by molar-refractivity contribution is -0.0633. The van der Waals surface area contributed by atoms with Gasteiger partial charge in [0.2, 0.25) is 0 Å². The zero-order valence-electron chi connectivity index (χ0n) is 18.7. The van der Waals surface area contributed by atoms with E-state index in [1.54, 1.807) is 0 Å². The SMILES string of the molecule is CCCOC1([Si](Oc2ccccc2)(Oc2ccccc2)C2(OCCC)OC2C)OC1C. The van der Waals surface area contributed by atoms with Gasteiger partial charge >= 0.3 is 8.56 Å². The van der Waals surface area contributed by atoms with E-state index in [-0.39, 0.29) is 12.2 Å². The molecule has 0 radical (unpaired) electrons. The molecule has 2 fully saturated rings. The Kier molecular flexibility index (Phi) is 6.41. The van der Waals surface area contributed by atoms with Crippen LogP contribution in [-0.4, -0.2) is 44.8 Å². The predicted octanol–water partition coefficient (Wildman–Crippen LogP) is 4.75. The Labute approximate surface area is 185 Å². The molecule has 0 amide bonds. The van der Waals surface area contributed by atoms with Gasteiger partial charge in [-0.2, -0.15) is 0 Å². The summed E-state index contributed by atoms with van der Waals surface area (Å²) in [5.74, 6) is 1.35. The first kappa shape index (κ1) is 22.3. The molecule has 2 aromatic carbocycles. The average molecular weight is 445 g/mol. The lowest BCUT2D eigenvalue weighted by Gasteiger charge is -2.39. The highest BCUT2D eigenvalue weighted by Gasteiger charge is 2.93. The van der Waals surface area contributed by atoms with E-state index < -0.39 is 19.4 Å². The van der Waals surface area contributed by atoms with Crippen LogP contribution in [0.15, 0.2) is 60.7 Å². The van der Waals surface area contributed by atoms with Gasteiger partial charge in [0.15, 0.2) is 0 Å². The third-order valence-corrected chi connectivity index (χ3v) is 9.85. The van der Waals surface area contributed by atoms with Crippen molar-refractivity contribution in [3.8, 4) is 11.5 Å². The van der Waals surface area contributed by atoms with E-state index in [1.165, 1.54) is 0 Å². The monoisotopic (exact) mass is 444 g/mol. The molecule has 0 aliphatic carbocycles. The highest BCUT2D eigenvalue weighted by molar-refractivity contribution is 6.75. The predicted molar refractivity (Wildman–Crippen MR) is 119 cm³/mol. The second-order valence-corrected chi connectivity index (χ2v) is 11.0. The van der Waals surface area contributed by atoms with Crippen LogP contribution in [0, 0.1) is 0 Å². The zero-order chi connectivity index (χ0) is 22.0. The standard InChI is InChI=1S/C24H32O6Si/c1-5-17-25-23(19(3)27-23)31(29-21-13-9-7-10-14-21,30-22-15-11-8-12-16-22)24(20(4)28-24)26-18-6-2/h7-16,19-20H,5-6,17-18H2,1-4H3. The van der Waals surface area contributed by atoms with Gasteiger partial charge < -0.3 is 27.8 Å². The third-order valence-electron chi connectivity index (χ3n) is 5.63. The summed E-state index contributed by atoms with van der Waals surface area (Å²) in [6.45, 7) is 9.15. The van der Waals surface area contributed by atoms with E-state index in [9.17, 15) is 0 Å². The van der Waals surface area contributed by atoms with E-state index in [2.05, 4.69) is 13.8 Å². The summed E-state index contributed by atoms with van der Waals surface area (Å²) in [5.41, 5.74) is -2.10. The Morgan fingerprint density at radius 3 is 1.35 bits per heavy atom. The van der Waals surface area contributed by atoms with Crippen molar-refractivity contribution in [1.82, 2.24) is 0 Å². The van der Waals surface area contributed by atoms with Crippen molar-refractivity contribution in [2.75, 3.05) is 13.2 Å². The zero-order valence-corrected chi connectivity index (χ0v) is 19.7. The van der Waals surface area contributed by atoms with Crippen molar-refractivity contribution in [1.29, 1.82) is 0 Å². The molecule has 0 saturated carbocycles. The molecule has 7 heteroatoms. The minimum absolute atomic E-state index is 0.211. The van der Waals surface area contributed by atoms with Crippen molar-refractivity contribution in [3.05, 3.63) is 60.7 Å². The maximum Gasteiger partial charge on any atom is 0.590 e. The first-order valence-corrected chi connectivity index (χ1v) is 13.0. The number of rotatable bonds is 12. The molecule has 0 spiro atoms. The number of benzene rings is 2. The Morgan fingerprint density at radius 1 is 0.710 bits per heavy atom. The quantitative estimate of drug-likeness (QED) is 0.348. The van der Waals surface area contributed by atoms with Gasteiger partial charge in [0, 0.05) is 13.2 Å². The van der Waals surface area contributed by atoms with Crippen LogP contribution in [0.1, 0.15) is 40.5 Å². The third kappa shape index (κ3) is 3.89. The highest BCUT2D eigenvalue weighted by Crippen LogP contribution is 2.58. The van der Waals surface area contributed by atoms with Gasteiger partial charge in [-0.3, -0.25) is 0 Å². The second-order valence-electron chi connectivity index (χ2n) is 8.00. The van der Waals surface area contributed by atoms with Gasteiger partial charge in [0.25, 0.3) is 10.8 Å². The van der Waals surface area contributed by atoms with Crippen molar-refractivity contribution in [2.24, 2.45) is 0 Å². The molecule has 31 heavy (non-hydrogen) atoms. The number of ether oxygens (including phenoxy) is 4. The number of epoxide rings is 2. The van der Waals surface area contributed by atoms with Crippen LogP contribution in [0.25, 0.3) is 0 Å². The summed E-state index contributed by atoms with van der Waals surface area (Å²) in [7, 11) is -3.60. The second kappa shape index (κ2) is 8.92. The average Bonchev–Trinajstić information content (AvgIpc) is 3.67. The van der Waals surface area contributed by atoms with E-state index in [0.717, 1.165) is 12.8 Å². The molecule has 2 aromatic rings. The molecule has 168 valence electrons. The maximum absolute atomic E-state index is 6.81. The van der Waals surface area contributed by atoms with E-state index in [4.69, 9.17) is 27.8 Å². The van der Waals surface area contributed by atoms with Crippen molar-refractivity contribution < 1.29 is 27.8 Å². The molecule has 0 aromatic heterocycles. The summed E-state index contributed by atoms with van der Waals surface area (Å²) in [4.78, 5) is 0. The summed E-state index contributed by atoms with van der Waals surface area (Å²) >= 11 is 0. The van der Waals surface area contributed by atoms with Crippen LogP contribution < -0.4 is 8.85 Å². The van der Waals surface area contributed by atoms with Gasteiger partial charge in [-0.15, -0.1) is 0 Å². The topological polar surface area (TPSA) is 62.0 Å². The van der Waals surface area contributed by atoms with Gasteiger partial charge in [-0.05, 0) is 51.0 Å². The molecule has 2 heterocycles. The van der Waals surface area contributed by atoms with Gasteiger partial charge in [0.05, 0.1) is 0 Å². The molecule has 4 atom stereocenters. The minimum Gasteiger partial charge on any atom is -0.506 e. The Bertz CT molecular complexity index is 778. The van der Waals surface area contributed by atoms with Crippen LogP contribution in [-0.2, 0) is 18.9 Å². The molecule has 4 unspecified atom stereocenters. The van der Waals surface area contributed by atoms with Crippen molar-refractivity contribution in [3.63, 3.8) is 0 Å². The fourth-order valence-electron chi connectivity index (χ4n) is 4.00. The van der Waals surface area contributed by atoms with E-state index >= 15 is 0 Å². The summed E-state index contributed by atoms with van der Waals surface area (Å²) in [6, 6.07) is 19.3. The van der Waals surface area contributed by atoms with Gasteiger partial charge in [-0.1, -0.05) is 50.2 Å². The van der Waals surface area contributed by atoms with Crippen LogP contribution in [0.5, 0.6) is 11.5 Å². The fourth-order valence-corrected chi connectivity index (χ4v) is 8.36. The highest BCUT2D eigenvalue weighted by atomic mass is 28.4. The number of para-hydroxylation sites is 2. The molecule has 0 N–H and O–H groups in total. The molecule has 2 saturated heterocycles. The Hall–Kier alpha value is -1.90. The first-order valence-electron chi connectivity index (χ1n) is 11.1. The lowest BCUT2D eigenvalue weighted by atomic mass is 10.3. The first-order chi connectivity index (χ1) is 15.0. The molecular weight excluding hydrogens is 412 g/mol. The summed E-state index contributed by atoms with van der Waals surface area (Å²) < 4.78 is 38.8. The number of hydrogen-bond acceptors (Lipinski definition) is 6. The molecule has 2 aliphatic heterocycles. The normalized spacial score (nSPS) is 29.4. The largest absolute Gasteiger partial charge is 0.590 e. The molecule has 4 rings (SSSR count). The van der Waals surface area contributed by atoms with Crippen LogP contribution in [0.4, 0.5) is 0 Å². The van der Waals surface area contributed by atoms with Gasteiger partial charge in [0.1, 0.15) is 23.7 Å². The Morgan fingerprint density at radius 2 is 1.06 bits per heavy atom. The molecule has 0 bridgehead atoms. The van der Waals surface area contributed by atoms with Crippen LogP contribution in [0.3, 0.4) is 0 Å². The summed E-state index contributed by atoms with van der Waals surface area (Å²) in [6.07, 6.45) is 1.27. The van der Waals surface area contributed by atoms with Crippen LogP contribution >= 0.6 is 0 Å². The van der Waals surface area contributed by atoms with Crippen molar-refractivity contribution in [2.45, 2.75) is 63.6 Å². The molecule has 6 nitrogen and oxygen atoms in total. The van der Waals surface area contributed by atoms with Gasteiger partial charge in [-0.25, -0.2) is 0 Å². The maximum atomic E-state index is 6.81. The van der Waals surface area contributed by atoms with Crippen molar-refractivity contribution >= 4 is 8.56 Å². The summed E-state index contributed by atoms with van der Waals surface area (Å²) in [5, 5.41) is 0. The smallest absolute Gasteiger partial charge is 0.506 e. The Balaban J connectivity index is 1.85. The van der Waals surface area contributed by atoms with Crippen LogP contribution in [0.2, 0.25) is 0 Å². The van der Waals surface area contributed by atoms with E-state index in [1.807, 2.05) is 74.5 Å². The molecule has 2 aliphatic rings. The van der Waals surface area contributed by atoms with E-state index in [0.29, 0.717) is 24.7 Å². The lowest BCUT2D eigenvalue weighted by Crippen LogP contribution is -2.74. The minimum atomic E-state index is -3.60. The fraction of sp³-hybridized carbons (Fsp3) is 0.500.